The Hall–Kier alpha value is -2.41. The standard InChI is InChI=1S/C20H25N3O3/c1-26-19-10-15(7-8-18(19)16-11-21-22-12-16)20(25)23-17(13-24)9-14-5-3-2-4-6-14/h2-8,10,16-17,21-22,24H,9,11-13H2,1H3,(H,23,25)/t17-/m1/s1. The second-order valence-electron chi connectivity index (χ2n) is 6.46. The minimum atomic E-state index is -0.334. The summed E-state index contributed by atoms with van der Waals surface area (Å²) in [5.74, 6) is 0.801. The van der Waals surface area contributed by atoms with E-state index >= 15 is 0 Å². The zero-order chi connectivity index (χ0) is 18.4. The Morgan fingerprint density at radius 3 is 2.62 bits per heavy atom. The summed E-state index contributed by atoms with van der Waals surface area (Å²) in [6.07, 6.45) is 0.581. The van der Waals surface area contributed by atoms with Crippen LogP contribution in [-0.4, -0.2) is 43.9 Å². The summed E-state index contributed by atoms with van der Waals surface area (Å²) in [4.78, 5) is 12.6. The molecule has 1 atom stereocenters. The number of nitrogens with one attached hydrogen (secondary N) is 3. The van der Waals surface area contributed by atoms with Gasteiger partial charge >= 0.3 is 0 Å². The molecular weight excluding hydrogens is 330 g/mol. The molecule has 1 aliphatic rings. The highest BCUT2D eigenvalue weighted by Gasteiger charge is 2.22. The van der Waals surface area contributed by atoms with E-state index in [0.717, 1.165) is 24.2 Å². The molecule has 1 heterocycles. The molecule has 1 amide bonds. The molecule has 0 aliphatic carbocycles. The van der Waals surface area contributed by atoms with Crippen molar-refractivity contribution in [1.82, 2.24) is 16.2 Å². The molecule has 1 saturated heterocycles. The van der Waals surface area contributed by atoms with Gasteiger partial charge in [0.1, 0.15) is 5.75 Å². The van der Waals surface area contributed by atoms with Crippen LogP contribution >= 0.6 is 0 Å². The van der Waals surface area contributed by atoms with Crippen LogP contribution in [0.4, 0.5) is 0 Å². The third kappa shape index (κ3) is 4.40. The van der Waals surface area contributed by atoms with Crippen LogP contribution in [0.1, 0.15) is 27.4 Å². The Balaban J connectivity index is 1.70. The van der Waals surface area contributed by atoms with Crippen molar-refractivity contribution in [3.63, 3.8) is 0 Å². The fourth-order valence-corrected chi connectivity index (χ4v) is 3.20. The van der Waals surface area contributed by atoms with E-state index in [2.05, 4.69) is 16.2 Å². The first-order valence-corrected chi connectivity index (χ1v) is 8.80. The van der Waals surface area contributed by atoms with Gasteiger partial charge in [-0.1, -0.05) is 36.4 Å². The normalized spacial score (nSPS) is 15.6. The van der Waals surface area contributed by atoms with Gasteiger partial charge in [0.05, 0.1) is 19.8 Å². The molecule has 6 nitrogen and oxygen atoms in total. The summed E-state index contributed by atoms with van der Waals surface area (Å²) in [6, 6.07) is 15.0. The molecule has 2 aromatic rings. The lowest BCUT2D eigenvalue weighted by Gasteiger charge is -2.18. The quantitative estimate of drug-likeness (QED) is 0.600. The van der Waals surface area contributed by atoms with E-state index in [0.29, 0.717) is 23.7 Å². The van der Waals surface area contributed by atoms with Crippen LogP contribution in [-0.2, 0) is 6.42 Å². The number of aliphatic hydroxyl groups excluding tert-OH is 1. The van der Waals surface area contributed by atoms with E-state index in [-0.39, 0.29) is 18.6 Å². The number of amides is 1. The van der Waals surface area contributed by atoms with Crippen LogP contribution in [0, 0.1) is 0 Å². The van der Waals surface area contributed by atoms with Gasteiger partial charge in [-0.25, -0.2) is 0 Å². The molecule has 3 rings (SSSR count). The first kappa shape index (κ1) is 18.4. The first-order chi connectivity index (χ1) is 12.7. The van der Waals surface area contributed by atoms with E-state index < -0.39 is 0 Å². The van der Waals surface area contributed by atoms with Gasteiger partial charge in [0.2, 0.25) is 0 Å². The molecule has 4 N–H and O–H groups in total. The minimum Gasteiger partial charge on any atom is -0.496 e. The van der Waals surface area contributed by atoms with Crippen molar-refractivity contribution in [1.29, 1.82) is 0 Å². The van der Waals surface area contributed by atoms with Crippen molar-refractivity contribution in [3.05, 3.63) is 65.2 Å². The Labute approximate surface area is 153 Å². The highest BCUT2D eigenvalue weighted by molar-refractivity contribution is 5.95. The summed E-state index contributed by atoms with van der Waals surface area (Å²) in [5, 5.41) is 12.5. The first-order valence-electron chi connectivity index (χ1n) is 8.80. The van der Waals surface area contributed by atoms with Crippen molar-refractivity contribution in [2.24, 2.45) is 0 Å². The van der Waals surface area contributed by atoms with Gasteiger partial charge < -0.3 is 15.2 Å². The number of hydrogen-bond acceptors (Lipinski definition) is 5. The van der Waals surface area contributed by atoms with Gasteiger partial charge in [0.25, 0.3) is 5.91 Å². The third-order valence-corrected chi connectivity index (χ3v) is 4.64. The zero-order valence-corrected chi connectivity index (χ0v) is 14.9. The molecule has 0 saturated carbocycles. The molecular formula is C20H25N3O3. The van der Waals surface area contributed by atoms with Gasteiger partial charge in [0, 0.05) is 24.6 Å². The maximum atomic E-state index is 12.6. The second kappa shape index (κ2) is 8.80. The van der Waals surface area contributed by atoms with Crippen LogP contribution in [0.3, 0.4) is 0 Å². The van der Waals surface area contributed by atoms with Crippen LogP contribution in [0.15, 0.2) is 48.5 Å². The fourth-order valence-electron chi connectivity index (χ4n) is 3.20. The molecule has 1 aliphatic heterocycles. The fraction of sp³-hybridized carbons (Fsp3) is 0.350. The van der Waals surface area contributed by atoms with E-state index in [9.17, 15) is 9.90 Å². The van der Waals surface area contributed by atoms with Crippen molar-refractivity contribution in [2.45, 2.75) is 18.4 Å². The highest BCUT2D eigenvalue weighted by atomic mass is 16.5. The number of hydrogen-bond donors (Lipinski definition) is 4. The van der Waals surface area contributed by atoms with E-state index in [1.54, 1.807) is 13.2 Å². The smallest absolute Gasteiger partial charge is 0.251 e. The maximum absolute atomic E-state index is 12.6. The predicted octanol–water partition coefficient (Wildman–Crippen LogP) is 1.22. The van der Waals surface area contributed by atoms with Gasteiger partial charge in [-0.15, -0.1) is 0 Å². The molecule has 0 radical (unpaired) electrons. The van der Waals surface area contributed by atoms with Gasteiger partial charge in [-0.3, -0.25) is 15.6 Å². The summed E-state index contributed by atoms with van der Waals surface area (Å²) in [6.45, 7) is 1.53. The Kier molecular flexibility index (Phi) is 6.22. The molecule has 2 aromatic carbocycles. The Morgan fingerprint density at radius 2 is 1.96 bits per heavy atom. The van der Waals surface area contributed by atoms with Crippen molar-refractivity contribution < 1.29 is 14.6 Å². The predicted molar refractivity (Wildman–Crippen MR) is 100 cm³/mol. The van der Waals surface area contributed by atoms with Gasteiger partial charge in [-0.2, -0.15) is 0 Å². The Morgan fingerprint density at radius 1 is 1.23 bits per heavy atom. The van der Waals surface area contributed by atoms with E-state index in [1.807, 2.05) is 42.5 Å². The summed E-state index contributed by atoms with van der Waals surface area (Å²) in [7, 11) is 1.61. The van der Waals surface area contributed by atoms with Crippen LogP contribution in [0.2, 0.25) is 0 Å². The molecule has 6 heteroatoms. The maximum Gasteiger partial charge on any atom is 0.251 e. The molecule has 26 heavy (non-hydrogen) atoms. The third-order valence-electron chi connectivity index (χ3n) is 4.64. The van der Waals surface area contributed by atoms with Crippen molar-refractivity contribution in [2.75, 3.05) is 26.8 Å². The molecule has 138 valence electrons. The number of aliphatic hydroxyl groups is 1. The highest BCUT2D eigenvalue weighted by Crippen LogP contribution is 2.28. The average Bonchev–Trinajstić information content (AvgIpc) is 3.22. The van der Waals surface area contributed by atoms with Crippen LogP contribution in [0.25, 0.3) is 0 Å². The monoisotopic (exact) mass is 355 g/mol. The number of hydrazine groups is 1. The second-order valence-corrected chi connectivity index (χ2v) is 6.46. The molecule has 0 unspecified atom stereocenters. The average molecular weight is 355 g/mol. The van der Waals surface area contributed by atoms with Gasteiger partial charge in [0.15, 0.2) is 0 Å². The molecule has 1 fully saturated rings. The largest absolute Gasteiger partial charge is 0.496 e. The molecule has 0 spiro atoms. The lowest BCUT2D eigenvalue weighted by atomic mass is 9.97. The number of carbonyl (C=O) groups is 1. The van der Waals surface area contributed by atoms with Gasteiger partial charge in [-0.05, 0) is 29.7 Å². The zero-order valence-electron chi connectivity index (χ0n) is 14.9. The number of carbonyl (C=O) groups excluding carboxylic acids is 1. The van der Waals surface area contributed by atoms with E-state index in [1.165, 1.54) is 0 Å². The SMILES string of the molecule is COc1cc(C(=O)N[C@@H](CO)Cc2ccccc2)ccc1C1CNNC1. The summed E-state index contributed by atoms with van der Waals surface area (Å²) in [5.41, 5.74) is 8.88. The van der Waals surface area contributed by atoms with Crippen LogP contribution in [0.5, 0.6) is 5.75 Å². The van der Waals surface area contributed by atoms with E-state index in [4.69, 9.17) is 4.74 Å². The lowest BCUT2D eigenvalue weighted by Crippen LogP contribution is -2.39. The lowest BCUT2D eigenvalue weighted by molar-refractivity contribution is 0.0916. The summed E-state index contributed by atoms with van der Waals surface area (Å²) >= 11 is 0. The minimum absolute atomic E-state index is 0.116. The topological polar surface area (TPSA) is 82.6 Å². The van der Waals surface area contributed by atoms with Crippen molar-refractivity contribution in [3.8, 4) is 5.75 Å². The Bertz CT molecular complexity index is 730. The molecule has 0 bridgehead atoms. The van der Waals surface area contributed by atoms with Crippen molar-refractivity contribution >= 4 is 5.91 Å². The number of benzene rings is 2. The van der Waals surface area contributed by atoms with Crippen LogP contribution < -0.4 is 20.9 Å². The number of methoxy groups -OCH3 is 1. The number of ether oxygens (including phenoxy) is 1. The molecule has 0 aromatic heterocycles. The number of rotatable bonds is 7. The summed E-state index contributed by atoms with van der Waals surface area (Å²) < 4.78 is 5.49.